The van der Waals surface area contributed by atoms with Gasteiger partial charge in [-0.05, 0) is 11.1 Å². The van der Waals surface area contributed by atoms with E-state index in [4.69, 9.17) is 5.11 Å². The first-order valence-electron chi connectivity index (χ1n) is 5.99. The fourth-order valence-corrected chi connectivity index (χ4v) is 2.64. The molecule has 5 heteroatoms. The molecular formula is C13H14N2O3. The van der Waals surface area contributed by atoms with Gasteiger partial charge < -0.3 is 15.3 Å². The first kappa shape index (κ1) is 11.2. The average molecular weight is 246 g/mol. The molecule has 1 aromatic rings. The van der Waals surface area contributed by atoms with Crippen LogP contribution in [0.4, 0.5) is 0 Å². The molecule has 0 saturated carbocycles. The highest BCUT2D eigenvalue weighted by Gasteiger charge is 2.42. The zero-order valence-corrected chi connectivity index (χ0v) is 9.80. The van der Waals surface area contributed by atoms with Crippen LogP contribution in [0.5, 0.6) is 0 Å². The Morgan fingerprint density at radius 2 is 2.00 bits per heavy atom. The molecule has 0 spiro atoms. The summed E-state index contributed by atoms with van der Waals surface area (Å²) < 4.78 is 0. The summed E-state index contributed by atoms with van der Waals surface area (Å²) in [5.41, 5.74) is 2.19. The molecule has 1 aromatic carbocycles. The quantitative estimate of drug-likeness (QED) is 0.697. The fourth-order valence-electron chi connectivity index (χ4n) is 2.64. The van der Waals surface area contributed by atoms with Crippen LogP contribution < -0.4 is 5.32 Å². The van der Waals surface area contributed by atoms with Gasteiger partial charge in [-0.1, -0.05) is 24.3 Å². The van der Waals surface area contributed by atoms with E-state index in [1.807, 2.05) is 24.3 Å². The molecule has 94 valence electrons. The maximum Gasteiger partial charge on any atom is 0.248 e. The van der Waals surface area contributed by atoms with Crippen LogP contribution in [0.15, 0.2) is 24.3 Å². The molecule has 2 atom stereocenters. The smallest absolute Gasteiger partial charge is 0.248 e. The first-order chi connectivity index (χ1) is 8.70. The van der Waals surface area contributed by atoms with Crippen molar-refractivity contribution in [3.8, 4) is 0 Å². The normalized spacial score (nSPS) is 26.4. The SMILES string of the molecule is O=C1N[C@@H](CO)C(=O)N2Cc3ccccc3C[C@H]12. The predicted octanol–water partition coefficient (Wildman–Crippen LogP) is -0.569. The number of piperazine rings is 1. The van der Waals surface area contributed by atoms with Crippen molar-refractivity contribution in [1.29, 1.82) is 0 Å². The molecule has 0 aromatic heterocycles. The van der Waals surface area contributed by atoms with Crippen molar-refractivity contribution < 1.29 is 14.7 Å². The van der Waals surface area contributed by atoms with Gasteiger partial charge in [0.05, 0.1) is 6.61 Å². The molecule has 0 unspecified atom stereocenters. The number of carbonyl (C=O) groups excluding carboxylic acids is 2. The monoisotopic (exact) mass is 246 g/mol. The van der Waals surface area contributed by atoms with Gasteiger partial charge in [-0.3, -0.25) is 9.59 Å². The number of aliphatic hydroxyl groups is 1. The maximum absolute atomic E-state index is 12.1. The Labute approximate surface area is 104 Å². The lowest BCUT2D eigenvalue weighted by Crippen LogP contribution is -2.65. The van der Waals surface area contributed by atoms with E-state index in [1.165, 1.54) is 0 Å². The van der Waals surface area contributed by atoms with E-state index >= 15 is 0 Å². The third-order valence-electron chi connectivity index (χ3n) is 3.63. The summed E-state index contributed by atoms with van der Waals surface area (Å²) in [6, 6.07) is 6.60. The number of fused-ring (bicyclic) bond motifs is 2. The van der Waals surface area contributed by atoms with E-state index in [9.17, 15) is 9.59 Å². The highest BCUT2D eigenvalue weighted by Crippen LogP contribution is 2.26. The lowest BCUT2D eigenvalue weighted by molar-refractivity contribution is -0.151. The zero-order valence-electron chi connectivity index (χ0n) is 9.80. The van der Waals surface area contributed by atoms with E-state index in [-0.39, 0.29) is 18.4 Å². The second kappa shape index (κ2) is 4.10. The Morgan fingerprint density at radius 3 is 2.72 bits per heavy atom. The number of carbonyl (C=O) groups is 2. The highest BCUT2D eigenvalue weighted by molar-refractivity contribution is 5.97. The number of nitrogens with one attached hydrogen (secondary N) is 1. The second-order valence-electron chi connectivity index (χ2n) is 4.70. The Hall–Kier alpha value is -1.88. The van der Waals surface area contributed by atoms with E-state index in [2.05, 4.69) is 5.32 Å². The minimum absolute atomic E-state index is 0.178. The van der Waals surface area contributed by atoms with Gasteiger partial charge in [-0.25, -0.2) is 0 Å². The number of rotatable bonds is 1. The van der Waals surface area contributed by atoms with Crippen molar-refractivity contribution in [3.63, 3.8) is 0 Å². The lowest BCUT2D eigenvalue weighted by atomic mass is 9.91. The zero-order chi connectivity index (χ0) is 12.7. The molecular weight excluding hydrogens is 232 g/mol. The Balaban J connectivity index is 1.96. The molecule has 2 heterocycles. The van der Waals surface area contributed by atoms with Gasteiger partial charge in [-0.2, -0.15) is 0 Å². The molecule has 0 bridgehead atoms. The van der Waals surface area contributed by atoms with Gasteiger partial charge in [0.2, 0.25) is 11.8 Å². The van der Waals surface area contributed by atoms with Crippen LogP contribution in [0.1, 0.15) is 11.1 Å². The number of amides is 2. The predicted molar refractivity (Wildman–Crippen MR) is 63.5 cm³/mol. The fraction of sp³-hybridized carbons (Fsp3) is 0.385. The van der Waals surface area contributed by atoms with Gasteiger partial charge in [0.15, 0.2) is 0 Å². The average Bonchev–Trinajstić information content (AvgIpc) is 2.41. The van der Waals surface area contributed by atoms with Crippen molar-refractivity contribution in [3.05, 3.63) is 35.4 Å². The van der Waals surface area contributed by atoms with E-state index < -0.39 is 12.1 Å². The summed E-state index contributed by atoms with van der Waals surface area (Å²) in [5.74, 6) is -0.375. The Bertz CT molecular complexity index is 515. The van der Waals surface area contributed by atoms with Crippen LogP contribution in [0.3, 0.4) is 0 Å². The minimum atomic E-state index is -0.793. The van der Waals surface area contributed by atoms with Crippen molar-refractivity contribution in [2.45, 2.75) is 25.0 Å². The Kier molecular flexibility index (Phi) is 2.56. The second-order valence-corrected chi connectivity index (χ2v) is 4.70. The number of benzene rings is 1. The summed E-state index contributed by atoms with van der Waals surface area (Å²) in [6.45, 7) is 0.0963. The molecule has 3 rings (SSSR count). The summed E-state index contributed by atoms with van der Waals surface area (Å²) in [5, 5.41) is 11.7. The number of nitrogens with zero attached hydrogens (tertiary/aromatic N) is 1. The number of aliphatic hydroxyl groups excluding tert-OH is 1. The van der Waals surface area contributed by atoms with Crippen LogP contribution in [0, 0.1) is 0 Å². The largest absolute Gasteiger partial charge is 0.394 e. The van der Waals surface area contributed by atoms with E-state index in [1.54, 1.807) is 4.90 Å². The molecule has 2 aliphatic rings. The van der Waals surface area contributed by atoms with E-state index in [0.717, 1.165) is 11.1 Å². The van der Waals surface area contributed by atoms with Gasteiger partial charge >= 0.3 is 0 Å². The molecule has 1 fully saturated rings. The summed E-state index contributed by atoms with van der Waals surface area (Å²) >= 11 is 0. The van der Waals surface area contributed by atoms with Crippen molar-refractivity contribution in [1.82, 2.24) is 10.2 Å². The van der Waals surface area contributed by atoms with Crippen LogP contribution in [-0.4, -0.2) is 40.5 Å². The molecule has 0 aliphatic carbocycles. The van der Waals surface area contributed by atoms with E-state index in [0.29, 0.717) is 13.0 Å². The summed E-state index contributed by atoms with van der Waals surface area (Å²) in [7, 11) is 0. The van der Waals surface area contributed by atoms with Crippen molar-refractivity contribution >= 4 is 11.8 Å². The molecule has 0 radical (unpaired) electrons. The Morgan fingerprint density at radius 1 is 1.28 bits per heavy atom. The summed E-state index contributed by atoms with van der Waals surface area (Å²) in [6.07, 6.45) is 0.548. The van der Waals surface area contributed by atoms with Crippen LogP contribution >= 0.6 is 0 Å². The lowest BCUT2D eigenvalue weighted by Gasteiger charge is -2.41. The molecule has 18 heavy (non-hydrogen) atoms. The topological polar surface area (TPSA) is 69.6 Å². The highest BCUT2D eigenvalue weighted by atomic mass is 16.3. The number of hydrogen-bond donors (Lipinski definition) is 2. The van der Waals surface area contributed by atoms with Gasteiger partial charge in [-0.15, -0.1) is 0 Å². The first-order valence-corrected chi connectivity index (χ1v) is 5.99. The van der Waals surface area contributed by atoms with Crippen LogP contribution in [0.25, 0.3) is 0 Å². The number of hydrogen-bond acceptors (Lipinski definition) is 3. The molecule has 2 aliphatic heterocycles. The third kappa shape index (κ3) is 1.59. The summed E-state index contributed by atoms with van der Waals surface area (Å²) in [4.78, 5) is 25.6. The third-order valence-corrected chi connectivity index (χ3v) is 3.63. The van der Waals surface area contributed by atoms with Crippen LogP contribution in [-0.2, 0) is 22.6 Å². The van der Waals surface area contributed by atoms with Crippen LogP contribution in [0.2, 0.25) is 0 Å². The minimum Gasteiger partial charge on any atom is -0.394 e. The maximum atomic E-state index is 12.1. The molecule has 5 nitrogen and oxygen atoms in total. The van der Waals surface area contributed by atoms with Gasteiger partial charge in [0, 0.05) is 13.0 Å². The van der Waals surface area contributed by atoms with Crippen molar-refractivity contribution in [2.75, 3.05) is 6.61 Å². The van der Waals surface area contributed by atoms with Gasteiger partial charge in [0.25, 0.3) is 0 Å². The molecule has 2 N–H and O–H groups in total. The molecule has 1 saturated heterocycles. The van der Waals surface area contributed by atoms with Gasteiger partial charge in [0.1, 0.15) is 12.1 Å². The molecule has 2 amide bonds. The standard InChI is InChI=1S/C13H14N2O3/c16-7-10-13(18)15-6-9-4-2-1-3-8(9)5-11(15)12(17)14-10/h1-4,10-11,16H,5-7H2,(H,14,17)/t10-,11+/m0/s1. The van der Waals surface area contributed by atoms with Crippen molar-refractivity contribution in [2.24, 2.45) is 0 Å².